The summed E-state index contributed by atoms with van der Waals surface area (Å²) in [6.07, 6.45) is 2.91. The van der Waals surface area contributed by atoms with Crippen LogP contribution < -0.4 is 10.2 Å². The number of nitriles is 1. The lowest BCUT2D eigenvalue weighted by atomic mass is 10.0. The van der Waals surface area contributed by atoms with Crippen molar-refractivity contribution in [2.75, 3.05) is 24.5 Å². The highest BCUT2D eigenvalue weighted by molar-refractivity contribution is 9.10. The third-order valence-electron chi connectivity index (χ3n) is 3.36. The van der Waals surface area contributed by atoms with Crippen molar-refractivity contribution in [3.63, 3.8) is 0 Å². The molecule has 1 aromatic rings. The van der Waals surface area contributed by atoms with Gasteiger partial charge in [0.05, 0.1) is 6.07 Å². The van der Waals surface area contributed by atoms with E-state index in [0.29, 0.717) is 12.5 Å². The fourth-order valence-corrected chi connectivity index (χ4v) is 2.59. The van der Waals surface area contributed by atoms with Gasteiger partial charge in [-0.1, -0.05) is 15.9 Å². The molecule has 1 aromatic carbocycles. The Morgan fingerprint density at radius 1 is 1.28 bits per heavy atom. The number of anilines is 1. The van der Waals surface area contributed by atoms with Crippen LogP contribution in [0.25, 0.3) is 0 Å². The smallest absolute Gasteiger partial charge is 0.0635 e. The minimum atomic E-state index is 0.574. The van der Waals surface area contributed by atoms with Crippen LogP contribution in [0.3, 0.4) is 0 Å². The number of nitrogens with zero attached hydrogens (tertiary/aromatic N) is 2. The molecule has 0 bridgehead atoms. The summed E-state index contributed by atoms with van der Waals surface area (Å²) in [5.74, 6) is 0. The van der Waals surface area contributed by atoms with Gasteiger partial charge in [0.2, 0.25) is 0 Å². The van der Waals surface area contributed by atoms with E-state index in [1.54, 1.807) is 0 Å². The third kappa shape index (κ3) is 3.72. The number of hydrogen-bond donors (Lipinski definition) is 1. The SMILES string of the molecule is N#CCCNC1CCN(c2ccc(Br)cc2)CC1. The Morgan fingerprint density at radius 3 is 2.56 bits per heavy atom. The fourth-order valence-electron chi connectivity index (χ4n) is 2.33. The average molecular weight is 308 g/mol. The molecule has 0 spiro atoms. The van der Waals surface area contributed by atoms with Gasteiger partial charge in [0, 0.05) is 42.3 Å². The highest BCUT2D eigenvalue weighted by Crippen LogP contribution is 2.22. The van der Waals surface area contributed by atoms with Gasteiger partial charge in [-0.05, 0) is 37.1 Å². The van der Waals surface area contributed by atoms with Gasteiger partial charge >= 0.3 is 0 Å². The van der Waals surface area contributed by atoms with E-state index in [2.05, 4.69) is 56.5 Å². The Bertz CT molecular complexity index is 402. The van der Waals surface area contributed by atoms with E-state index < -0.39 is 0 Å². The van der Waals surface area contributed by atoms with Crippen LogP contribution in [0.1, 0.15) is 19.3 Å². The minimum absolute atomic E-state index is 0.574. The van der Waals surface area contributed by atoms with E-state index in [4.69, 9.17) is 5.26 Å². The molecule has 1 N–H and O–H groups in total. The summed E-state index contributed by atoms with van der Waals surface area (Å²) in [6.45, 7) is 3.00. The Balaban J connectivity index is 1.79. The Kier molecular flexibility index (Phi) is 5.03. The lowest BCUT2D eigenvalue weighted by Gasteiger charge is -2.34. The number of benzene rings is 1. The quantitative estimate of drug-likeness (QED) is 0.869. The molecular formula is C14H18BrN3. The molecule has 0 amide bonds. The van der Waals surface area contributed by atoms with Gasteiger partial charge in [-0.25, -0.2) is 0 Å². The maximum Gasteiger partial charge on any atom is 0.0635 e. The van der Waals surface area contributed by atoms with Crippen molar-refractivity contribution in [2.24, 2.45) is 0 Å². The van der Waals surface area contributed by atoms with Crippen LogP contribution in [0, 0.1) is 11.3 Å². The molecule has 0 radical (unpaired) electrons. The van der Waals surface area contributed by atoms with Gasteiger partial charge < -0.3 is 10.2 Å². The average Bonchev–Trinajstić information content (AvgIpc) is 2.41. The van der Waals surface area contributed by atoms with E-state index in [1.165, 1.54) is 5.69 Å². The van der Waals surface area contributed by atoms with Crippen LogP contribution in [0.5, 0.6) is 0 Å². The van der Waals surface area contributed by atoms with Crippen LogP contribution in [-0.2, 0) is 0 Å². The van der Waals surface area contributed by atoms with E-state index in [1.807, 2.05) is 0 Å². The molecule has 0 aromatic heterocycles. The normalized spacial score (nSPS) is 16.6. The highest BCUT2D eigenvalue weighted by Gasteiger charge is 2.18. The molecule has 96 valence electrons. The monoisotopic (exact) mass is 307 g/mol. The molecule has 18 heavy (non-hydrogen) atoms. The van der Waals surface area contributed by atoms with E-state index in [-0.39, 0.29) is 0 Å². The van der Waals surface area contributed by atoms with Gasteiger partial charge in [0.25, 0.3) is 0 Å². The summed E-state index contributed by atoms with van der Waals surface area (Å²) >= 11 is 3.46. The molecule has 0 atom stereocenters. The van der Waals surface area contributed by atoms with E-state index >= 15 is 0 Å². The molecule has 0 unspecified atom stereocenters. The first kappa shape index (κ1) is 13.4. The number of piperidine rings is 1. The number of rotatable bonds is 4. The highest BCUT2D eigenvalue weighted by atomic mass is 79.9. The first-order chi connectivity index (χ1) is 8.79. The van der Waals surface area contributed by atoms with E-state index in [9.17, 15) is 0 Å². The predicted octanol–water partition coefficient (Wildman–Crippen LogP) is 2.92. The lowest BCUT2D eigenvalue weighted by molar-refractivity contribution is 0.419. The number of nitrogens with one attached hydrogen (secondary N) is 1. The maximum atomic E-state index is 8.51. The van der Waals surface area contributed by atoms with Crippen LogP contribution in [0.15, 0.2) is 28.7 Å². The van der Waals surface area contributed by atoms with Crippen LogP contribution in [0.4, 0.5) is 5.69 Å². The Labute approximate surface area is 117 Å². The standard InChI is InChI=1S/C14H18BrN3/c15-12-2-4-14(5-3-12)18-10-6-13(7-11-18)17-9-1-8-16/h2-5,13,17H,1,6-7,9-11H2. The zero-order chi connectivity index (χ0) is 12.8. The second-order valence-electron chi connectivity index (χ2n) is 4.60. The zero-order valence-electron chi connectivity index (χ0n) is 10.4. The van der Waals surface area contributed by atoms with Crippen molar-refractivity contribution < 1.29 is 0 Å². The van der Waals surface area contributed by atoms with Gasteiger partial charge in [-0.3, -0.25) is 0 Å². The molecule has 1 aliphatic heterocycles. The van der Waals surface area contributed by atoms with Crippen LogP contribution >= 0.6 is 15.9 Å². The fraction of sp³-hybridized carbons (Fsp3) is 0.500. The van der Waals surface area contributed by atoms with Gasteiger partial charge in [0.1, 0.15) is 0 Å². The molecule has 1 aliphatic rings. The van der Waals surface area contributed by atoms with Gasteiger partial charge in [-0.15, -0.1) is 0 Å². The van der Waals surface area contributed by atoms with Crippen LogP contribution in [0.2, 0.25) is 0 Å². The number of hydrogen-bond acceptors (Lipinski definition) is 3. The topological polar surface area (TPSA) is 39.1 Å². The molecule has 3 nitrogen and oxygen atoms in total. The maximum absolute atomic E-state index is 8.51. The zero-order valence-corrected chi connectivity index (χ0v) is 12.0. The Hall–Kier alpha value is -1.05. The largest absolute Gasteiger partial charge is 0.371 e. The summed E-state index contributed by atoms with van der Waals surface area (Å²) in [5, 5.41) is 12.0. The second kappa shape index (κ2) is 6.77. The molecule has 2 rings (SSSR count). The third-order valence-corrected chi connectivity index (χ3v) is 3.89. The first-order valence-electron chi connectivity index (χ1n) is 6.40. The summed E-state index contributed by atoms with van der Waals surface area (Å²) in [6, 6.07) is 11.2. The molecular weight excluding hydrogens is 290 g/mol. The van der Waals surface area contributed by atoms with Crippen molar-refractivity contribution in [2.45, 2.75) is 25.3 Å². The molecule has 1 saturated heterocycles. The van der Waals surface area contributed by atoms with Crippen molar-refractivity contribution in [3.05, 3.63) is 28.7 Å². The van der Waals surface area contributed by atoms with Crippen LogP contribution in [-0.4, -0.2) is 25.7 Å². The van der Waals surface area contributed by atoms with E-state index in [0.717, 1.165) is 36.9 Å². The molecule has 4 heteroatoms. The molecule has 0 saturated carbocycles. The van der Waals surface area contributed by atoms with Crippen molar-refractivity contribution in [1.82, 2.24) is 5.32 Å². The summed E-state index contributed by atoms with van der Waals surface area (Å²) in [5.41, 5.74) is 1.30. The summed E-state index contributed by atoms with van der Waals surface area (Å²) < 4.78 is 1.12. The minimum Gasteiger partial charge on any atom is -0.371 e. The molecule has 1 heterocycles. The molecule has 1 fully saturated rings. The Morgan fingerprint density at radius 2 is 1.94 bits per heavy atom. The van der Waals surface area contributed by atoms with Crippen molar-refractivity contribution in [1.29, 1.82) is 5.26 Å². The van der Waals surface area contributed by atoms with Crippen molar-refractivity contribution >= 4 is 21.6 Å². The van der Waals surface area contributed by atoms with Gasteiger partial charge in [-0.2, -0.15) is 5.26 Å². The second-order valence-corrected chi connectivity index (χ2v) is 5.52. The molecule has 0 aliphatic carbocycles. The van der Waals surface area contributed by atoms with Crippen molar-refractivity contribution in [3.8, 4) is 6.07 Å². The predicted molar refractivity (Wildman–Crippen MR) is 77.6 cm³/mol. The first-order valence-corrected chi connectivity index (χ1v) is 7.20. The lowest BCUT2D eigenvalue weighted by Crippen LogP contribution is -2.42. The summed E-state index contributed by atoms with van der Waals surface area (Å²) in [7, 11) is 0. The van der Waals surface area contributed by atoms with Gasteiger partial charge in [0.15, 0.2) is 0 Å². The summed E-state index contributed by atoms with van der Waals surface area (Å²) in [4.78, 5) is 2.43. The number of halogens is 1.